The Morgan fingerprint density at radius 2 is 2.12 bits per heavy atom. The quantitative estimate of drug-likeness (QED) is 0.739. The molecule has 2 aromatic heterocycles. The first kappa shape index (κ1) is 16.9. The molecule has 1 saturated heterocycles. The van der Waals surface area contributed by atoms with Crippen LogP contribution in [0.25, 0.3) is 10.1 Å². The third kappa shape index (κ3) is 3.26. The summed E-state index contributed by atoms with van der Waals surface area (Å²) in [6.45, 7) is 1.40. The fraction of sp³-hybridized carbons (Fsp3) is 0.263. The predicted molar refractivity (Wildman–Crippen MR) is 99.5 cm³/mol. The van der Waals surface area contributed by atoms with Crippen molar-refractivity contribution in [2.75, 3.05) is 23.3 Å². The number of amides is 1. The molecule has 3 heterocycles. The molecule has 1 amide bonds. The van der Waals surface area contributed by atoms with Crippen LogP contribution in [0.1, 0.15) is 12.8 Å². The maximum absolute atomic E-state index is 13.3. The summed E-state index contributed by atoms with van der Waals surface area (Å²) in [6.07, 6.45) is 3.42. The summed E-state index contributed by atoms with van der Waals surface area (Å²) in [5, 5.41) is 5.82. The lowest BCUT2D eigenvalue weighted by Gasteiger charge is -2.33. The average molecular weight is 373 g/mol. The van der Waals surface area contributed by atoms with Gasteiger partial charge in [0.25, 0.3) is 0 Å². The van der Waals surface area contributed by atoms with Crippen molar-refractivity contribution < 1.29 is 13.6 Å². The third-order valence-corrected chi connectivity index (χ3v) is 5.52. The van der Waals surface area contributed by atoms with E-state index in [0.717, 1.165) is 42.7 Å². The molecule has 134 valence electrons. The first-order chi connectivity index (χ1) is 12.6. The highest BCUT2D eigenvalue weighted by atomic mass is 32.1. The predicted octanol–water partition coefficient (Wildman–Crippen LogP) is 4.43. The Morgan fingerprint density at radius 3 is 2.96 bits per heavy atom. The van der Waals surface area contributed by atoms with Gasteiger partial charge in [-0.3, -0.25) is 4.79 Å². The van der Waals surface area contributed by atoms with Crippen LogP contribution in [0.4, 0.5) is 20.3 Å². The molecule has 0 spiro atoms. The molecule has 7 heteroatoms. The summed E-state index contributed by atoms with van der Waals surface area (Å²) in [4.78, 5) is 19.2. The van der Waals surface area contributed by atoms with Gasteiger partial charge in [-0.2, -0.15) is 0 Å². The minimum Gasteiger partial charge on any atom is -0.355 e. The van der Waals surface area contributed by atoms with Gasteiger partial charge >= 0.3 is 0 Å². The molecule has 1 aliphatic heterocycles. The lowest BCUT2D eigenvalue weighted by Crippen LogP contribution is -2.41. The number of anilines is 2. The zero-order valence-electron chi connectivity index (χ0n) is 13.9. The van der Waals surface area contributed by atoms with Crippen molar-refractivity contribution in [3.63, 3.8) is 0 Å². The van der Waals surface area contributed by atoms with Gasteiger partial charge in [0.2, 0.25) is 5.91 Å². The molecule has 26 heavy (non-hydrogen) atoms. The summed E-state index contributed by atoms with van der Waals surface area (Å²) in [6, 6.07) is 7.42. The zero-order valence-corrected chi connectivity index (χ0v) is 14.7. The molecular weight excluding hydrogens is 356 g/mol. The van der Waals surface area contributed by atoms with Gasteiger partial charge in [0.1, 0.15) is 5.82 Å². The first-order valence-electron chi connectivity index (χ1n) is 8.45. The molecule has 4 nitrogen and oxygen atoms in total. The second-order valence-electron chi connectivity index (χ2n) is 6.37. The Bertz CT molecular complexity index is 959. The SMILES string of the molecule is O=C(Nc1ccc(F)c(F)c1)[C@H]1CCCN(c2nccc3sccc23)C1. The van der Waals surface area contributed by atoms with E-state index in [1.807, 2.05) is 17.5 Å². The van der Waals surface area contributed by atoms with E-state index in [-0.39, 0.29) is 17.5 Å². The van der Waals surface area contributed by atoms with Gasteiger partial charge in [0, 0.05) is 41.1 Å². The van der Waals surface area contributed by atoms with E-state index < -0.39 is 11.6 Å². The number of benzene rings is 1. The number of nitrogens with zero attached hydrogens (tertiary/aromatic N) is 2. The summed E-state index contributed by atoms with van der Waals surface area (Å²) >= 11 is 1.66. The maximum atomic E-state index is 13.3. The number of carbonyl (C=O) groups is 1. The van der Waals surface area contributed by atoms with Crippen LogP contribution in [0.15, 0.2) is 41.9 Å². The molecule has 0 radical (unpaired) electrons. The molecule has 1 aromatic carbocycles. The Kier molecular flexibility index (Phi) is 4.55. The van der Waals surface area contributed by atoms with Crippen molar-refractivity contribution in [3.05, 3.63) is 53.5 Å². The molecule has 0 bridgehead atoms. The van der Waals surface area contributed by atoms with E-state index in [1.54, 1.807) is 17.5 Å². The third-order valence-electron chi connectivity index (χ3n) is 4.64. The van der Waals surface area contributed by atoms with Gasteiger partial charge in [-0.25, -0.2) is 13.8 Å². The number of hydrogen-bond acceptors (Lipinski definition) is 4. The van der Waals surface area contributed by atoms with Crippen LogP contribution >= 0.6 is 11.3 Å². The highest BCUT2D eigenvalue weighted by Crippen LogP contribution is 2.31. The van der Waals surface area contributed by atoms with E-state index in [9.17, 15) is 13.6 Å². The van der Waals surface area contributed by atoms with Crippen molar-refractivity contribution in [1.82, 2.24) is 4.98 Å². The van der Waals surface area contributed by atoms with Gasteiger partial charge in [-0.15, -0.1) is 11.3 Å². The summed E-state index contributed by atoms with van der Waals surface area (Å²) < 4.78 is 27.5. The Hall–Kier alpha value is -2.54. The van der Waals surface area contributed by atoms with Crippen molar-refractivity contribution in [3.8, 4) is 0 Å². The van der Waals surface area contributed by atoms with Crippen molar-refractivity contribution >= 4 is 38.8 Å². The number of carbonyl (C=O) groups excluding carboxylic acids is 1. The summed E-state index contributed by atoms with van der Waals surface area (Å²) in [7, 11) is 0. The van der Waals surface area contributed by atoms with E-state index in [4.69, 9.17) is 0 Å². The molecule has 1 N–H and O–H groups in total. The standard InChI is InChI=1S/C19H17F2N3OS/c20-15-4-3-13(10-16(15)21)23-19(25)12-2-1-8-24(11-12)18-14-6-9-26-17(14)5-7-22-18/h3-7,9-10,12H,1-2,8,11H2,(H,23,25)/t12-/m0/s1. The number of thiophene rings is 1. The topological polar surface area (TPSA) is 45.2 Å². The van der Waals surface area contributed by atoms with Crippen LogP contribution in [0.5, 0.6) is 0 Å². The zero-order chi connectivity index (χ0) is 18.1. The number of halogens is 2. The molecule has 0 unspecified atom stereocenters. The fourth-order valence-electron chi connectivity index (χ4n) is 3.33. The second kappa shape index (κ2) is 6.99. The number of fused-ring (bicyclic) bond motifs is 1. The minimum absolute atomic E-state index is 0.182. The number of rotatable bonds is 3. The highest BCUT2D eigenvalue weighted by Gasteiger charge is 2.27. The monoisotopic (exact) mass is 373 g/mol. The van der Waals surface area contributed by atoms with Gasteiger partial charge in [0.15, 0.2) is 11.6 Å². The van der Waals surface area contributed by atoms with E-state index in [1.165, 1.54) is 10.8 Å². The molecule has 0 aliphatic carbocycles. The average Bonchev–Trinajstić information content (AvgIpc) is 3.13. The van der Waals surface area contributed by atoms with Gasteiger partial charge < -0.3 is 10.2 Å². The van der Waals surface area contributed by atoms with E-state index >= 15 is 0 Å². The van der Waals surface area contributed by atoms with Gasteiger partial charge in [-0.1, -0.05) is 0 Å². The fourth-order valence-corrected chi connectivity index (χ4v) is 4.11. The Labute approximate surface area is 153 Å². The van der Waals surface area contributed by atoms with E-state index in [0.29, 0.717) is 6.54 Å². The number of aromatic nitrogens is 1. The molecule has 0 saturated carbocycles. The summed E-state index contributed by atoms with van der Waals surface area (Å²) in [5.41, 5.74) is 0.268. The smallest absolute Gasteiger partial charge is 0.229 e. The lowest BCUT2D eigenvalue weighted by atomic mass is 9.96. The minimum atomic E-state index is -0.971. The van der Waals surface area contributed by atoms with Crippen LogP contribution in [-0.2, 0) is 4.79 Å². The van der Waals surface area contributed by atoms with Crippen LogP contribution in [0.2, 0.25) is 0 Å². The van der Waals surface area contributed by atoms with Gasteiger partial charge in [0.05, 0.1) is 5.92 Å². The van der Waals surface area contributed by atoms with Crippen LogP contribution < -0.4 is 10.2 Å². The largest absolute Gasteiger partial charge is 0.355 e. The first-order valence-corrected chi connectivity index (χ1v) is 9.33. The molecule has 1 atom stereocenters. The number of nitrogens with one attached hydrogen (secondary N) is 1. The molecular formula is C19H17F2N3OS. The van der Waals surface area contributed by atoms with Crippen LogP contribution in [-0.4, -0.2) is 24.0 Å². The van der Waals surface area contributed by atoms with Crippen LogP contribution in [0, 0.1) is 17.6 Å². The molecule has 1 fully saturated rings. The number of piperidine rings is 1. The van der Waals surface area contributed by atoms with Gasteiger partial charge in [-0.05, 0) is 42.5 Å². The lowest BCUT2D eigenvalue weighted by molar-refractivity contribution is -0.120. The highest BCUT2D eigenvalue weighted by molar-refractivity contribution is 7.17. The number of pyridine rings is 1. The molecule has 4 rings (SSSR count). The molecule has 1 aliphatic rings. The summed E-state index contributed by atoms with van der Waals surface area (Å²) in [5.74, 6) is -1.41. The van der Waals surface area contributed by atoms with Crippen LogP contribution in [0.3, 0.4) is 0 Å². The molecule has 3 aromatic rings. The Balaban J connectivity index is 1.50. The van der Waals surface area contributed by atoms with Crippen molar-refractivity contribution in [1.29, 1.82) is 0 Å². The van der Waals surface area contributed by atoms with E-state index in [2.05, 4.69) is 15.2 Å². The second-order valence-corrected chi connectivity index (χ2v) is 7.32. The van der Waals surface area contributed by atoms with Crippen molar-refractivity contribution in [2.45, 2.75) is 12.8 Å². The number of hydrogen-bond donors (Lipinski definition) is 1. The Morgan fingerprint density at radius 1 is 1.23 bits per heavy atom. The normalized spacial score (nSPS) is 17.5. The van der Waals surface area contributed by atoms with Crippen molar-refractivity contribution in [2.24, 2.45) is 5.92 Å². The maximum Gasteiger partial charge on any atom is 0.229 e.